The van der Waals surface area contributed by atoms with Crippen molar-refractivity contribution < 1.29 is 13.5 Å². The summed E-state index contributed by atoms with van der Waals surface area (Å²) in [6.45, 7) is 0. The number of ether oxygens (including phenoxy) is 1. The highest BCUT2D eigenvalue weighted by Gasteiger charge is 2.17. The number of hydrogen-bond acceptors (Lipinski definition) is 2. The third-order valence-electron chi connectivity index (χ3n) is 1.86. The van der Waals surface area contributed by atoms with Crippen LogP contribution in [0.3, 0.4) is 0 Å². The maximum Gasteiger partial charge on any atom is 0.267 e. The molecule has 0 aliphatic heterocycles. The molecule has 0 saturated heterocycles. The Morgan fingerprint density at radius 1 is 1.50 bits per heavy atom. The number of halogens is 2. The molecule has 0 aliphatic rings. The summed E-state index contributed by atoms with van der Waals surface area (Å²) in [5, 5.41) is 8.45. The smallest absolute Gasteiger partial charge is 0.267 e. The number of hydrogen-bond donors (Lipinski definition) is 0. The lowest BCUT2D eigenvalue weighted by molar-refractivity contribution is 0.146. The third-order valence-corrected chi connectivity index (χ3v) is 1.86. The second-order valence-electron chi connectivity index (χ2n) is 2.67. The molecule has 0 atom stereocenters. The summed E-state index contributed by atoms with van der Waals surface area (Å²) in [5.74, 6) is 0.132. The van der Waals surface area contributed by atoms with Crippen molar-refractivity contribution in [3.63, 3.8) is 0 Å². The molecule has 0 spiro atoms. The Morgan fingerprint density at radius 2 is 2.21 bits per heavy atom. The van der Waals surface area contributed by atoms with Gasteiger partial charge < -0.3 is 4.74 Å². The van der Waals surface area contributed by atoms with Gasteiger partial charge in [-0.15, -0.1) is 0 Å². The van der Waals surface area contributed by atoms with E-state index < -0.39 is 6.43 Å². The fourth-order valence-corrected chi connectivity index (χ4v) is 1.25. The second-order valence-corrected chi connectivity index (χ2v) is 2.67. The van der Waals surface area contributed by atoms with E-state index in [-0.39, 0.29) is 17.7 Å². The molecule has 1 aromatic rings. The van der Waals surface area contributed by atoms with Gasteiger partial charge in [0.05, 0.1) is 25.2 Å². The topological polar surface area (TPSA) is 33.0 Å². The summed E-state index contributed by atoms with van der Waals surface area (Å²) in [6, 6.07) is 6.40. The van der Waals surface area contributed by atoms with Crippen LogP contribution in [0.5, 0.6) is 5.75 Å². The molecular weight excluding hydrogens is 188 g/mol. The summed E-state index contributed by atoms with van der Waals surface area (Å²) in [7, 11) is 1.33. The third kappa shape index (κ3) is 1.99. The molecular formula is C10H9F2NO. The first-order chi connectivity index (χ1) is 6.70. The zero-order chi connectivity index (χ0) is 10.6. The average molecular weight is 197 g/mol. The van der Waals surface area contributed by atoms with Gasteiger partial charge in [-0.3, -0.25) is 0 Å². The van der Waals surface area contributed by atoms with Gasteiger partial charge in [-0.05, 0) is 11.6 Å². The van der Waals surface area contributed by atoms with Crippen molar-refractivity contribution in [1.82, 2.24) is 0 Å². The number of methoxy groups -OCH3 is 1. The van der Waals surface area contributed by atoms with E-state index in [0.717, 1.165) is 0 Å². The van der Waals surface area contributed by atoms with Gasteiger partial charge in [0, 0.05) is 0 Å². The van der Waals surface area contributed by atoms with Crippen LogP contribution in [0.4, 0.5) is 8.78 Å². The summed E-state index contributed by atoms with van der Waals surface area (Å²) in [4.78, 5) is 0. The number of nitriles is 1. The Labute approximate surface area is 80.7 Å². The molecule has 0 radical (unpaired) electrons. The maximum absolute atomic E-state index is 12.6. The van der Waals surface area contributed by atoms with Gasteiger partial charge in [-0.1, -0.05) is 12.1 Å². The van der Waals surface area contributed by atoms with E-state index in [9.17, 15) is 8.78 Å². The molecule has 4 heteroatoms. The first-order valence-corrected chi connectivity index (χ1v) is 4.01. The molecule has 0 N–H and O–H groups in total. The quantitative estimate of drug-likeness (QED) is 0.746. The second kappa shape index (κ2) is 4.56. The summed E-state index contributed by atoms with van der Waals surface area (Å²) in [6.07, 6.45) is -2.65. The van der Waals surface area contributed by atoms with Gasteiger partial charge in [-0.2, -0.15) is 5.26 Å². The Hall–Kier alpha value is -1.63. The van der Waals surface area contributed by atoms with Crippen molar-refractivity contribution in [3.8, 4) is 11.8 Å². The molecule has 0 amide bonds. The summed E-state index contributed by atoms with van der Waals surface area (Å²) in [5.41, 5.74) is 0.137. The molecule has 1 aromatic carbocycles. The zero-order valence-electron chi connectivity index (χ0n) is 7.63. The van der Waals surface area contributed by atoms with Crippen LogP contribution in [0.1, 0.15) is 17.6 Å². The predicted octanol–water partition coefficient (Wildman–Crippen LogP) is 2.70. The molecule has 0 aliphatic carbocycles. The molecule has 0 bridgehead atoms. The minimum absolute atomic E-state index is 0.0309. The van der Waals surface area contributed by atoms with E-state index in [1.807, 2.05) is 6.07 Å². The molecule has 0 fully saturated rings. The van der Waals surface area contributed by atoms with Crippen molar-refractivity contribution in [3.05, 3.63) is 29.3 Å². The number of nitrogens with zero attached hydrogens (tertiary/aromatic N) is 1. The lowest BCUT2D eigenvalue weighted by Crippen LogP contribution is -1.98. The fourth-order valence-electron chi connectivity index (χ4n) is 1.25. The molecule has 1 rings (SSSR count). The van der Waals surface area contributed by atoms with E-state index in [1.165, 1.54) is 19.2 Å². The molecule has 0 heterocycles. The van der Waals surface area contributed by atoms with Crippen molar-refractivity contribution in [2.45, 2.75) is 12.8 Å². The fraction of sp³-hybridized carbons (Fsp3) is 0.300. The molecule has 2 nitrogen and oxygen atoms in total. The van der Waals surface area contributed by atoms with Crippen molar-refractivity contribution in [2.24, 2.45) is 0 Å². The van der Waals surface area contributed by atoms with Crippen molar-refractivity contribution in [1.29, 1.82) is 5.26 Å². The average Bonchev–Trinajstić information content (AvgIpc) is 2.17. The van der Waals surface area contributed by atoms with Gasteiger partial charge in [0.2, 0.25) is 0 Å². The van der Waals surface area contributed by atoms with Gasteiger partial charge in [0.25, 0.3) is 6.43 Å². The summed E-state index contributed by atoms with van der Waals surface area (Å²) < 4.78 is 30.0. The maximum atomic E-state index is 12.6. The lowest BCUT2D eigenvalue weighted by atomic mass is 10.0. The monoisotopic (exact) mass is 197 g/mol. The van der Waals surface area contributed by atoms with E-state index >= 15 is 0 Å². The van der Waals surface area contributed by atoms with Crippen LogP contribution in [0.25, 0.3) is 0 Å². The molecule has 14 heavy (non-hydrogen) atoms. The standard InChI is InChI=1S/C10H9F2NO/c1-14-8-4-2-3-7(5-6-13)9(8)10(11)12/h2-4,10H,5H2,1H3. The highest BCUT2D eigenvalue weighted by Crippen LogP contribution is 2.32. The zero-order valence-corrected chi connectivity index (χ0v) is 7.63. The summed E-state index contributed by atoms with van der Waals surface area (Å²) >= 11 is 0. The Morgan fingerprint density at radius 3 is 2.71 bits per heavy atom. The van der Waals surface area contributed by atoms with E-state index in [1.54, 1.807) is 6.07 Å². The van der Waals surface area contributed by atoms with E-state index in [4.69, 9.17) is 10.00 Å². The highest BCUT2D eigenvalue weighted by atomic mass is 19.3. The normalized spacial score (nSPS) is 9.93. The van der Waals surface area contributed by atoms with Crippen LogP contribution in [-0.2, 0) is 6.42 Å². The number of benzene rings is 1. The first kappa shape index (κ1) is 10.5. The Kier molecular flexibility index (Phi) is 3.41. The van der Waals surface area contributed by atoms with Gasteiger partial charge in [0.15, 0.2) is 0 Å². The van der Waals surface area contributed by atoms with Crippen molar-refractivity contribution in [2.75, 3.05) is 7.11 Å². The molecule has 0 saturated carbocycles. The predicted molar refractivity (Wildman–Crippen MR) is 47.3 cm³/mol. The highest BCUT2D eigenvalue weighted by molar-refractivity contribution is 5.42. The Bertz CT molecular complexity index is 358. The van der Waals surface area contributed by atoms with Crippen LogP contribution in [0.2, 0.25) is 0 Å². The number of rotatable bonds is 3. The molecule has 74 valence electrons. The van der Waals surface area contributed by atoms with Gasteiger partial charge in [-0.25, -0.2) is 8.78 Å². The van der Waals surface area contributed by atoms with Crippen LogP contribution in [-0.4, -0.2) is 7.11 Å². The van der Waals surface area contributed by atoms with Gasteiger partial charge in [0.1, 0.15) is 5.75 Å². The molecule has 0 unspecified atom stereocenters. The largest absolute Gasteiger partial charge is 0.496 e. The Balaban J connectivity index is 3.22. The lowest BCUT2D eigenvalue weighted by Gasteiger charge is -2.10. The van der Waals surface area contributed by atoms with Crippen LogP contribution >= 0.6 is 0 Å². The van der Waals surface area contributed by atoms with Gasteiger partial charge >= 0.3 is 0 Å². The van der Waals surface area contributed by atoms with Crippen LogP contribution in [0, 0.1) is 11.3 Å². The number of alkyl halides is 2. The van der Waals surface area contributed by atoms with Crippen LogP contribution in [0.15, 0.2) is 18.2 Å². The minimum Gasteiger partial charge on any atom is -0.496 e. The minimum atomic E-state index is -2.62. The van der Waals surface area contributed by atoms with E-state index in [0.29, 0.717) is 5.56 Å². The van der Waals surface area contributed by atoms with Crippen molar-refractivity contribution >= 4 is 0 Å². The van der Waals surface area contributed by atoms with Crippen LogP contribution < -0.4 is 4.74 Å². The molecule has 0 aromatic heterocycles. The van der Waals surface area contributed by atoms with E-state index in [2.05, 4.69) is 0 Å². The SMILES string of the molecule is COc1cccc(CC#N)c1C(F)F. The first-order valence-electron chi connectivity index (χ1n) is 4.01.